The fraction of sp³-hybridized carbons (Fsp3) is 0.400. The monoisotopic (exact) mass is 227 g/mol. The number of hydrogen-bond acceptors (Lipinski definition) is 2. The standard InChI is InChI=1S/C15H17NO/c1-5-6-13(11(2)3)14-9-12(10-16)7-8-15(14)17-4/h1,7-9,11,13H,6H2,2-4H3. The zero-order chi connectivity index (χ0) is 12.8. The molecule has 17 heavy (non-hydrogen) atoms. The third kappa shape index (κ3) is 3.02. The quantitative estimate of drug-likeness (QED) is 0.739. The molecule has 0 saturated heterocycles. The van der Waals surface area contributed by atoms with Crippen molar-refractivity contribution < 1.29 is 4.74 Å². The number of rotatable bonds is 4. The van der Waals surface area contributed by atoms with Crippen LogP contribution in [0, 0.1) is 29.6 Å². The minimum atomic E-state index is 0.225. The zero-order valence-electron chi connectivity index (χ0n) is 10.5. The first-order valence-electron chi connectivity index (χ1n) is 5.65. The molecule has 1 unspecified atom stereocenters. The second-order valence-corrected chi connectivity index (χ2v) is 4.33. The lowest BCUT2D eigenvalue weighted by Crippen LogP contribution is -2.08. The van der Waals surface area contributed by atoms with E-state index in [2.05, 4.69) is 25.8 Å². The molecule has 0 aliphatic rings. The van der Waals surface area contributed by atoms with Crippen molar-refractivity contribution >= 4 is 0 Å². The van der Waals surface area contributed by atoms with Crippen molar-refractivity contribution in [2.24, 2.45) is 5.92 Å². The highest BCUT2D eigenvalue weighted by molar-refractivity contribution is 5.44. The average molecular weight is 227 g/mol. The Bertz CT molecular complexity index is 463. The maximum Gasteiger partial charge on any atom is 0.122 e. The molecule has 0 aliphatic carbocycles. The Morgan fingerprint density at radius 3 is 2.59 bits per heavy atom. The van der Waals surface area contributed by atoms with Crippen LogP contribution in [0.15, 0.2) is 18.2 Å². The van der Waals surface area contributed by atoms with Crippen LogP contribution >= 0.6 is 0 Å². The molecule has 2 nitrogen and oxygen atoms in total. The van der Waals surface area contributed by atoms with Crippen molar-refractivity contribution in [1.82, 2.24) is 0 Å². The largest absolute Gasteiger partial charge is 0.496 e. The Hall–Kier alpha value is -1.93. The maximum atomic E-state index is 8.94. The minimum Gasteiger partial charge on any atom is -0.496 e. The number of benzene rings is 1. The van der Waals surface area contributed by atoms with Crippen molar-refractivity contribution in [2.75, 3.05) is 7.11 Å². The summed E-state index contributed by atoms with van der Waals surface area (Å²) in [6, 6.07) is 7.62. The number of hydrogen-bond donors (Lipinski definition) is 0. The van der Waals surface area contributed by atoms with Crippen LogP contribution in [0.2, 0.25) is 0 Å². The van der Waals surface area contributed by atoms with Crippen molar-refractivity contribution in [3.63, 3.8) is 0 Å². The Morgan fingerprint density at radius 2 is 2.12 bits per heavy atom. The van der Waals surface area contributed by atoms with E-state index in [1.54, 1.807) is 13.2 Å². The van der Waals surface area contributed by atoms with Gasteiger partial charge in [0.25, 0.3) is 0 Å². The van der Waals surface area contributed by atoms with E-state index in [-0.39, 0.29) is 5.92 Å². The molecule has 0 fully saturated rings. The number of terminal acetylenes is 1. The first kappa shape index (κ1) is 13.1. The van der Waals surface area contributed by atoms with Gasteiger partial charge in [0.15, 0.2) is 0 Å². The molecule has 0 N–H and O–H groups in total. The van der Waals surface area contributed by atoms with E-state index in [9.17, 15) is 0 Å². The average Bonchev–Trinajstić information content (AvgIpc) is 2.34. The molecular weight excluding hydrogens is 210 g/mol. The minimum absolute atomic E-state index is 0.225. The van der Waals surface area contributed by atoms with Gasteiger partial charge < -0.3 is 4.74 Å². The van der Waals surface area contributed by atoms with Crippen LogP contribution in [-0.4, -0.2) is 7.11 Å². The summed E-state index contributed by atoms with van der Waals surface area (Å²) >= 11 is 0. The van der Waals surface area contributed by atoms with Gasteiger partial charge in [-0.05, 0) is 29.7 Å². The smallest absolute Gasteiger partial charge is 0.122 e. The molecule has 1 aromatic rings. The van der Waals surface area contributed by atoms with Crippen molar-refractivity contribution in [3.8, 4) is 24.2 Å². The Labute approximate surface area is 103 Å². The summed E-state index contributed by atoms with van der Waals surface area (Å²) in [5, 5.41) is 8.94. The van der Waals surface area contributed by atoms with Gasteiger partial charge in [0.05, 0.1) is 18.7 Å². The molecule has 1 atom stereocenters. The molecular formula is C15H17NO. The van der Waals surface area contributed by atoms with Crippen LogP contribution in [0.4, 0.5) is 0 Å². The number of methoxy groups -OCH3 is 1. The normalized spacial score (nSPS) is 11.6. The Kier molecular flexibility index (Phi) is 4.61. The van der Waals surface area contributed by atoms with Crippen LogP contribution in [0.1, 0.15) is 37.3 Å². The second kappa shape index (κ2) is 5.97. The van der Waals surface area contributed by atoms with Crippen LogP contribution < -0.4 is 4.74 Å². The molecule has 0 saturated carbocycles. The zero-order valence-corrected chi connectivity index (χ0v) is 10.5. The van der Waals surface area contributed by atoms with Gasteiger partial charge >= 0.3 is 0 Å². The van der Waals surface area contributed by atoms with E-state index in [0.29, 0.717) is 17.9 Å². The molecule has 0 aliphatic heterocycles. The van der Waals surface area contributed by atoms with E-state index in [0.717, 1.165) is 11.3 Å². The van der Waals surface area contributed by atoms with Crippen LogP contribution in [-0.2, 0) is 0 Å². The lowest BCUT2D eigenvalue weighted by Gasteiger charge is -2.21. The Morgan fingerprint density at radius 1 is 1.41 bits per heavy atom. The van der Waals surface area contributed by atoms with Crippen molar-refractivity contribution in [2.45, 2.75) is 26.2 Å². The van der Waals surface area contributed by atoms with Crippen LogP contribution in [0.25, 0.3) is 0 Å². The molecule has 0 radical (unpaired) electrons. The third-order valence-corrected chi connectivity index (χ3v) is 2.90. The number of nitriles is 1. The van der Waals surface area contributed by atoms with E-state index in [1.165, 1.54) is 0 Å². The molecule has 1 rings (SSSR count). The molecule has 0 aromatic heterocycles. The van der Waals surface area contributed by atoms with E-state index < -0.39 is 0 Å². The van der Waals surface area contributed by atoms with Crippen molar-refractivity contribution in [3.05, 3.63) is 29.3 Å². The molecule has 0 heterocycles. The highest BCUT2D eigenvalue weighted by Gasteiger charge is 2.19. The summed E-state index contributed by atoms with van der Waals surface area (Å²) < 4.78 is 5.34. The molecule has 0 amide bonds. The van der Waals surface area contributed by atoms with Gasteiger partial charge in [-0.3, -0.25) is 0 Å². The fourth-order valence-corrected chi connectivity index (χ4v) is 1.93. The third-order valence-electron chi connectivity index (χ3n) is 2.90. The van der Waals surface area contributed by atoms with Gasteiger partial charge in [0.1, 0.15) is 5.75 Å². The summed E-state index contributed by atoms with van der Waals surface area (Å²) in [6.45, 7) is 4.25. The van der Waals surface area contributed by atoms with Gasteiger partial charge in [0, 0.05) is 12.3 Å². The van der Waals surface area contributed by atoms with Crippen molar-refractivity contribution in [1.29, 1.82) is 5.26 Å². The first-order valence-corrected chi connectivity index (χ1v) is 5.65. The fourth-order valence-electron chi connectivity index (χ4n) is 1.93. The van der Waals surface area contributed by atoms with Gasteiger partial charge in [-0.1, -0.05) is 13.8 Å². The first-order chi connectivity index (χ1) is 8.13. The molecule has 88 valence electrons. The van der Waals surface area contributed by atoms with Gasteiger partial charge in [0.2, 0.25) is 0 Å². The van der Waals surface area contributed by atoms with Gasteiger partial charge in [-0.25, -0.2) is 0 Å². The molecule has 0 bridgehead atoms. The number of ether oxygens (including phenoxy) is 1. The predicted molar refractivity (Wildman–Crippen MR) is 68.7 cm³/mol. The Balaban J connectivity index is 3.25. The predicted octanol–water partition coefficient (Wildman–Crippen LogP) is 3.33. The summed E-state index contributed by atoms with van der Waals surface area (Å²) in [5.41, 5.74) is 1.67. The van der Waals surface area contributed by atoms with Crippen LogP contribution in [0.5, 0.6) is 5.75 Å². The SMILES string of the molecule is C#CCC(c1cc(C#N)ccc1OC)C(C)C. The topological polar surface area (TPSA) is 33.0 Å². The summed E-state index contributed by atoms with van der Waals surface area (Å²) in [4.78, 5) is 0. The maximum absolute atomic E-state index is 8.94. The van der Waals surface area contributed by atoms with E-state index in [4.69, 9.17) is 16.4 Å². The molecule has 0 spiro atoms. The summed E-state index contributed by atoms with van der Waals surface area (Å²) in [6.07, 6.45) is 6.07. The summed E-state index contributed by atoms with van der Waals surface area (Å²) in [7, 11) is 1.64. The van der Waals surface area contributed by atoms with E-state index >= 15 is 0 Å². The highest BCUT2D eigenvalue weighted by Crippen LogP contribution is 2.34. The van der Waals surface area contributed by atoms with Crippen LogP contribution in [0.3, 0.4) is 0 Å². The van der Waals surface area contributed by atoms with Gasteiger partial charge in [-0.2, -0.15) is 5.26 Å². The lowest BCUT2D eigenvalue weighted by atomic mass is 9.85. The molecule has 1 aromatic carbocycles. The highest BCUT2D eigenvalue weighted by atomic mass is 16.5. The van der Waals surface area contributed by atoms with E-state index in [1.807, 2.05) is 12.1 Å². The second-order valence-electron chi connectivity index (χ2n) is 4.33. The summed E-state index contributed by atoms with van der Waals surface area (Å²) in [5.74, 6) is 4.14. The van der Waals surface area contributed by atoms with Gasteiger partial charge in [-0.15, -0.1) is 12.3 Å². The number of nitrogens with zero attached hydrogens (tertiary/aromatic N) is 1. The molecule has 2 heteroatoms. The lowest BCUT2D eigenvalue weighted by molar-refractivity contribution is 0.395.